The maximum Gasteiger partial charge on any atom is 0.148 e. The average Bonchev–Trinajstić information content (AvgIpc) is 3.08. The van der Waals surface area contributed by atoms with Gasteiger partial charge in [0.2, 0.25) is 0 Å². The molecule has 3 rings (SSSR count). The van der Waals surface area contributed by atoms with Crippen molar-refractivity contribution in [2.24, 2.45) is 9.98 Å². The molecular formula is C18H26N6O. The largest absolute Gasteiger partial charge is 0.391 e. The van der Waals surface area contributed by atoms with E-state index in [0.29, 0.717) is 6.54 Å². The van der Waals surface area contributed by atoms with Crippen molar-refractivity contribution in [3.63, 3.8) is 0 Å². The number of aromatic nitrogens is 1. The van der Waals surface area contributed by atoms with E-state index in [1.165, 1.54) is 0 Å². The summed E-state index contributed by atoms with van der Waals surface area (Å²) in [6.07, 6.45) is 4.52. The van der Waals surface area contributed by atoms with Gasteiger partial charge in [0.15, 0.2) is 0 Å². The van der Waals surface area contributed by atoms with Crippen molar-refractivity contribution in [1.29, 1.82) is 0 Å². The predicted octanol–water partition coefficient (Wildman–Crippen LogP) is 0.674. The highest BCUT2D eigenvalue weighted by atomic mass is 16.3. The summed E-state index contributed by atoms with van der Waals surface area (Å²) >= 11 is 0. The fraction of sp³-hybridized carbons (Fsp3) is 0.500. The van der Waals surface area contributed by atoms with E-state index in [0.717, 1.165) is 48.1 Å². The molecule has 0 aliphatic carbocycles. The lowest BCUT2D eigenvalue weighted by atomic mass is 10.0. The Labute approximate surface area is 148 Å². The van der Waals surface area contributed by atoms with Gasteiger partial charge in [0.05, 0.1) is 17.9 Å². The summed E-state index contributed by atoms with van der Waals surface area (Å²) in [5, 5.41) is 16.3. The molecule has 134 valence electrons. The van der Waals surface area contributed by atoms with Crippen molar-refractivity contribution in [3.05, 3.63) is 30.0 Å². The number of rotatable bonds is 4. The van der Waals surface area contributed by atoms with Gasteiger partial charge < -0.3 is 20.6 Å². The number of amidine groups is 1. The van der Waals surface area contributed by atoms with Crippen LogP contribution >= 0.6 is 0 Å². The highest BCUT2D eigenvalue weighted by molar-refractivity contribution is 6.46. The summed E-state index contributed by atoms with van der Waals surface area (Å²) in [4.78, 5) is 15.6. The monoisotopic (exact) mass is 342 g/mol. The first-order chi connectivity index (χ1) is 12.2. The number of hydrogen-bond acceptors (Lipinski definition) is 6. The van der Waals surface area contributed by atoms with Crippen LogP contribution in [-0.4, -0.2) is 67.5 Å². The maximum atomic E-state index is 9.68. The van der Waals surface area contributed by atoms with Crippen molar-refractivity contribution < 1.29 is 5.11 Å². The van der Waals surface area contributed by atoms with Crippen LogP contribution in [0.15, 0.2) is 34.4 Å². The number of aliphatic imine (C=N–C) groups is 2. The van der Waals surface area contributed by atoms with Gasteiger partial charge in [0.25, 0.3) is 0 Å². The third-order valence-corrected chi connectivity index (χ3v) is 4.53. The van der Waals surface area contributed by atoms with E-state index >= 15 is 0 Å². The van der Waals surface area contributed by atoms with E-state index < -0.39 is 0 Å². The number of aliphatic hydroxyl groups is 1. The van der Waals surface area contributed by atoms with Crippen LogP contribution in [0.5, 0.6) is 0 Å². The minimum atomic E-state index is -0.250. The van der Waals surface area contributed by atoms with Crippen molar-refractivity contribution in [1.82, 2.24) is 15.6 Å². The summed E-state index contributed by atoms with van der Waals surface area (Å²) in [5.41, 5.74) is 2.89. The lowest BCUT2D eigenvalue weighted by Gasteiger charge is -2.26. The number of likely N-dealkylation sites (N-methyl/N-ethyl adjacent to an activating group) is 1. The van der Waals surface area contributed by atoms with Crippen LogP contribution in [-0.2, 0) is 0 Å². The molecular weight excluding hydrogens is 316 g/mol. The molecule has 1 saturated heterocycles. The Hall–Kier alpha value is -2.25. The highest BCUT2D eigenvalue weighted by Gasteiger charge is 2.25. The number of anilines is 1. The van der Waals surface area contributed by atoms with Crippen molar-refractivity contribution in [2.45, 2.75) is 25.5 Å². The molecule has 0 aromatic carbocycles. The Bertz CT molecular complexity index is 694. The zero-order valence-corrected chi connectivity index (χ0v) is 15.0. The zero-order valence-electron chi connectivity index (χ0n) is 15.0. The number of pyridine rings is 1. The molecule has 2 aliphatic rings. The molecule has 1 fully saturated rings. The first-order valence-corrected chi connectivity index (χ1v) is 8.73. The number of β-amino-alcohol motifs (C(OH)–C–C–N with tert-alkyl or cyclic N) is 1. The molecule has 2 unspecified atom stereocenters. The molecule has 2 aliphatic heterocycles. The minimum absolute atomic E-state index is 0.0169. The second kappa shape index (κ2) is 7.76. The molecule has 3 N–H and O–H groups in total. The molecule has 3 heterocycles. The van der Waals surface area contributed by atoms with Gasteiger partial charge in [-0.25, -0.2) is 4.98 Å². The summed E-state index contributed by atoms with van der Waals surface area (Å²) in [5.74, 6) is 1.69. The molecule has 2 atom stereocenters. The first-order valence-electron chi connectivity index (χ1n) is 8.73. The summed E-state index contributed by atoms with van der Waals surface area (Å²) < 4.78 is 0. The topological polar surface area (TPSA) is 85.1 Å². The number of nitrogens with one attached hydrogen (secondary N) is 2. The summed E-state index contributed by atoms with van der Waals surface area (Å²) in [6.45, 7) is 4.23. The van der Waals surface area contributed by atoms with E-state index in [9.17, 15) is 5.11 Å². The maximum absolute atomic E-state index is 9.68. The van der Waals surface area contributed by atoms with Gasteiger partial charge >= 0.3 is 0 Å². The van der Waals surface area contributed by atoms with Gasteiger partial charge in [-0.3, -0.25) is 9.98 Å². The molecule has 1 aromatic rings. The predicted molar refractivity (Wildman–Crippen MR) is 102 cm³/mol. The summed E-state index contributed by atoms with van der Waals surface area (Å²) in [7, 11) is 3.69. The van der Waals surface area contributed by atoms with Crippen LogP contribution in [0.4, 0.5) is 5.82 Å². The third kappa shape index (κ3) is 3.72. The number of hydrogen-bond donors (Lipinski definition) is 3. The molecule has 0 amide bonds. The lowest BCUT2D eigenvalue weighted by molar-refractivity contribution is 0.198. The molecule has 1 aromatic heterocycles. The van der Waals surface area contributed by atoms with Gasteiger partial charge in [0.1, 0.15) is 11.7 Å². The van der Waals surface area contributed by atoms with E-state index in [2.05, 4.69) is 36.6 Å². The minimum Gasteiger partial charge on any atom is -0.391 e. The van der Waals surface area contributed by atoms with Crippen molar-refractivity contribution in [3.8, 4) is 0 Å². The quantitative estimate of drug-likeness (QED) is 0.749. The molecule has 7 nitrogen and oxygen atoms in total. The van der Waals surface area contributed by atoms with E-state index in [-0.39, 0.29) is 12.1 Å². The molecule has 0 radical (unpaired) electrons. The van der Waals surface area contributed by atoms with Crippen LogP contribution in [0.25, 0.3) is 5.70 Å². The van der Waals surface area contributed by atoms with Gasteiger partial charge in [-0.2, -0.15) is 0 Å². The van der Waals surface area contributed by atoms with Crippen LogP contribution < -0.4 is 15.5 Å². The Morgan fingerprint density at radius 1 is 1.44 bits per heavy atom. The average molecular weight is 342 g/mol. The van der Waals surface area contributed by atoms with Crippen LogP contribution in [0.2, 0.25) is 0 Å². The fourth-order valence-corrected chi connectivity index (χ4v) is 3.21. The van der Waals surface area contributed by atoms with Gasteiger partial charge in [0, 0.05) is 44.1 Å². The van der Waals surface area contributed by atoms with Crippen molar-refractivity contribution >= 4 is 23.1 Å². The standard InChI is InChI=1S/C18H26N6O/c1-4-21-17-15(19-2)9-14(23-18(17)20-3)12-5-6-16(22-10-12)24-8-7-13(25)11-24/h5-6,9-10,13,15,19,25H,4,7-8,11H2,1-3H3,(H,20,23). The van der Waals surface area contributed by atoms with Crippen LogP contribution in [0.3, 0.4) is 0 Å². The third-order valence-electron chi connectivity index (χ3n) is 4.53. The normalized spacial score (nSPS) is 26.9. The smallest absolute Gasteiger partial charge is 0.148 e. The molecule has 0 spiro atoms. The Kier molecular flexibility index (Phi) is 5.45. The highest BCUT2D eigenvalue weighted by Crippen LogP contribution is 2.21. The molecule has 25 heavy (non-hydrogen) atoms. The van der Waals surface area contributed by atoms with E-state index in [1.807, 2.05) is 32.3 Å². The Balaban J connectivity index is 1.84. The lowest BCUT2D eigenvalue weighted by Crippen LogP contribution is -2.47. The fourth-order valence-electron chi connectivity index (χ4n) is 3.21. The van der Waals surface area contributed by atoms with Gasteiger partial charge in [-0.05, 0) is 38.6 Å². The summed E-state index contributed by atoms with van der Waals surface area (Å²) in [6, 6.07) is 4.07. The van der Waals surface area contributed by atoms with Gasteiger partial charge in [-0.15, -0.1) is 0 Å². The second-order valence-corrected chi connectivity index (χ2v) is 6.20. The first kappa shape index (κ1) is 17.6. The van der Waals surface area contributed by atoms with E-state index in [1.54, 1.807) is 7.05 Å². The van der Waals surface area contributed by atoms with Crippen LogP contribution in [0.1, 0.15) is 18.9 Å². The van der Waals surface area contributed by atoms with Crippen molar-refractivity contribution in [2.75, 3.05) is 38.6 Å². The molecule has 7 heteroatoms. The molecule has 0 saturated carbocycles. The Morgan fingerprint density at radius 3 is 2.84 bits per heavy atom. The van der Waals surface area contributed by atoms with E-state index in [4.69, 9.17) is 0 Å². The SMILES string of the molecule is CCN=C1C(=NC)NC(c2ccc(N3CCC(O)C3)nc2)=CC1NC. The number of nitrogens with zero attached hydrogens (tertiary/aromatic N) is 4. The van der Waals surface area contributed by atoms with Crippen LogP contribution in [0, 0.1) is 0 Å². The zero-order chi connectivity index (χ0) is 17.8. The second-order valence-electron chi connectivity index (χ2n) is 6.20. The molecule has 0 bridgehead atoms. The number of aliphatic hydroxyl groups excluding tert-OH is 1. The Morgan fingerprint density at radius 2 is 2.28 bits per heavy atom. The van der Waals surface area contributed by atoms with Gasteiger partial charge in [-0.1, -0.05) is 0 Å².